The van der Waals surface area contributed by atoms with Crippen LogP contribution in [0.3, 0.4) is 0 Å². The van der Waals surface area contributed by atoms with E-state index in [0.717, 1.165) is 23.2 Å². The van der Waals surface area contributed by atoms with Crippen molar-refractivity contribution in [3.8, 4) is 0 Å². The number of benzene rings is 2. The van der Waals surface area contributed by atoms with E-state index >= 15 is 0 Å². The molecule has 0 saturated carbocycles. The maximum Gasteiger partial charge on any atom is 0.410 e. The van der Waals surface area contributed by atoms with Crippen molar-refractivity contribution in [3.05, 3.63) is 65.7 Å². The number of piperidine rings is 1. The molecule has 0 aromatic heterocycles. The topological polar surface area (TPSA) is 58.6 Å². The standard InChI is InChI=1S/C23H28N2O3/c1-3-22(26)19-11-7-8-12-21(19)24-20-13-14-25(15-17(20)2)23(27)28-16-18-9-5-4-6-10-18/h4-12,17,20,24H,3,13-16H2,1-2H3. The molecule has 1 heterocycles. The number of carbonyl (C=O) groups excluding carboxylic acids is 2. The van der Waals surface area contributed by atoms with Crippen LogP contribution in [0.2, 0.25) is 0 Å². The van der Waals surface area contributed by atoms with Crippen molar-refractivity contribution >= 4 is 17.6 Å². The molecule has 2 aromatic carbocycles. The Morgan fingerprint density at radius 1 is 1.11 bits per heavy atom. The molecule has 5 nitrogen and oxygen atoms in total. The number of carbonyl (C=O) groups is 2. The van der Waals surface area contributed by atoms with Gasteiger partial charge in [0.2, 0.25) is 0 Å². The highest BCUT2D eigenvalue weighted by Gasteiger charge is 2.30. The molecular weight excluding hydrogens is 352 g/mol. The largest absolute Gasteiger partial charge is 0.445 e. The van der Waals surface area contributed by atoms with Crippen LogP contribution in [0, 0.1) is 5.92 Å². The summed E-state index contributed by atoms with van der Waals surface area (Å²) in [6.07, 6.45) is 1.03. The molecule has 1 amide bonds. The van der Waals surface area contributed by atoms with Crippen LogP contribution in [-0.2, 0) is 11.3 Å². The van der Waals surface area contributed by atoms with Crippen LogP contribution < -0.4 is 5.32 Å². The minimum absolute atomic E-state index is 0.137. The van der Waals surface area contributed by atoms with Crippen LogP contribution in [0.4, 0.5) is 10.5 Å². The maximum atomic E-state index is 12.4. The first kappa shape index (κ1) is 19.9. The van der Waals surface area contributed by atoms with Gasteiger partial charge in [-0.2, -0.15) is 0 Å². The zero-order valence-electron chi connectivity index (χ0n) is 16.6. The number of hydrogen-bond donors (Lipinski definition) is 1. The summed E-state index contributed by atoms with van der Waals surface area (Å²) in [7, 11) is 0. The smallest absolute Gasteiger partial charge is 0.410 e. The van der Waals surface area contributed by atoms with Crippen LogP contribution >= 0.6 is 0 Å². The summed E-state index contributed by atoms with van der Waals surface area (Å²) in [6, 6.07) is 17.6. The summed E-state index contributed by atoms with van der Waals surface area (Å²) in [5.41, 5.74) is 2.60. The van der Waals surface area contributed by atoms with Crippen LogP contribution in [0.25, 0.3) is 0 Å². The van der Waals surface area contributed by atoms with E-state index in [1.54, 1.807) is 4.90 Å². The lowest BCUT2D eigenvalue weighted by Crippen LogP contribution is -2.47. The predicted octanol–water partition coefficient (Wildman–Crippen LogP) is 4.74. The van der Waals surface area contributed by atoms with Gasteiger partial charge >= 0.3 is 6.09 Å². The number of hydrogen-bond acceptors (Lipinski definition) is 4. The number of nitrogens with one attached hydrogen (secondary N) is 1. The van der Waals surface area contributed by atoms with Crippen LogP contribution in [-0.4, -0.2) is 35.9 Å². The van der Waals surface area contributed by atoms with E-state index in [2.05, 4.69) is 12.2 Å². The molecule has 1 fully saturated rings. The zero-order valence-corrected chi connectivity index (χ0v) is 16.6. The maximum absolute atomic E-state index is 12.4. The van der Waals surface area contributed by atoms with Gasteiger partial charge in [0.1, 0.15) is 6.61 Å². The van der Waals surface area contributed by atoms with Crippen LogP contribution in [0.5, 0.6) is 0 Å². The third-order valence-electron chi connectivity index (χ3n) is 5.26. The van der Waals surface area contributed by atoms with Gasteiger partial charge in [-0.25, -0.2) is 4.79 Å². The molecule has 0 bridgehead atoms. The van der Waals surface area contributed by atoms with Crippen molar-refractivity contribution in [2.75, 3.05) is 18.4 Å². The first-order valence-electron chi connectivity index (χ1n) is 9.93. The predicted molar refractivity (Wildman–Crippen MR) is 110 cm³/mol. The molecule has 148 valence electrons. The van der Waals surface area contributed by atoms with Gasteiger partial charge in [0, 0.05) is 36.8 Å². The van der Waals surface area contributed by atoms with Crippen molar-refractivity contribution in [1.82, 2.24) is 4.90 Å². The number of ether oxygens (including phenoxy) is 1. The quantitative estimate of drug-likeness (QED) is 0.736. The highest BCUT2D eigenvalue weighted by atomic mass is 16.6. The second-order valence-electron chi connectivity index (χ2n) is 7.33. The third kappa shape index (κ3) is 4.91. The molecule has 0 spiro atoms. The lowest BCUT2D eigenvalue weighted by Gasteiger charge is -2.37. The van der Waals surface area contributed by atoms with Gasteiger partial charge in [0.15, 0.2) is 5.78 Å². The molecule has 0 radical (unpaired) electrons. The molecule has 28 heavy (non-hydrogen) atoms. The molecule has 1 N–H and O–H groups in total. The second-order valence-corrected chi connectivity index (χ2v) is 7.33. The fourth-order valence-electron chi connectivity index (χ4n) is 3.58. The number of anilines is 1. The van der Waals surface area contributed by atoms with Crippen molar-refractivity contribution in [1.29, 1.82) is 0 Å². The van der Waals surface area contributed by atoms with E-state index in [-0.39, 0.29) is 23.8 Å². The average molecular weight is 380 g/mol. The Bertz CT molecular complexity index is 807. The molecule has 3 rings (SSSR count). The summed E-state index contributed by atoms with van der Waals surface area (Å²) >= 11 is 0. The lowest BCUT2D eigenvalue weighted by atomic mass is 9.93. The van der Waals surface area contributed by atoms with Gasteiger partial charge in [0.25, 0.3) is 0 Å². The van der Waals surface area contributed by atoms with E-state index in [9.17, 15) is 9.59 Å². The fraction of sp³-hybridized carbons (Fsp3) is 0.391. The summed E-state index contributed by atoms with van der Waals surface area (Å²) in [6.45, 7) is 5.56. The van der Waals surface area contributed by atoms with Gasteiger partial charge in [-0.05, 0) is 30.0 Å². The van der Waals surface area contributed by atoms with Crippen molar-refractivity contribution in [3.63, 3.8) is 0 Å². The van der Waals surface area contributed by atoms with Crippen LogP contribution in [0.15, 0.2) is 54.6 Å². The summed E-state index contributed by atoms with van der Waals surface area (Å²) in [5, 5.41) is 3.53. The number of likely N-dealkylation sites (tertiary alicyclic amines) is 1. The number of para-hydroxylation sites is 1. The second kappa shape index (κ2) is 9.40. The van der Waals surface area contributed by atoms with Gasteiger partial charge in [-0.1, -0.05) is 56.3 Å². The molecule has 2 aromatic rings. The minimum atomic E-state index is -0.268. The van der Waals surface area contributed by atoms with Gasteiger partial charge < -0.3 is 15.0 Å². The highest BCUT2D eigenvalue weighted by molar-refractivity contribution is 6.01. The van der Waals surface area contributed by atoms with Crippen LogP contribution in [0.1, 0.15) is 42.6 Å². The molecule has 2 unspecified atom stereocenters. The molecule has 2 atom stereocenters. The zero-order chi connectivity index (χ0) is 19.9. The number of Topliss-reactive ketones (excluding diaryl/α,β-unsaturated/α-hetero) is 1. The number of amides is 1. The average Bonchev–Trinajstić information content (AvgIpc) is 2.74. The normalized spacial score (nSPS) is 19.1. The van der Waals surface area contributed by atoms with E-state index in [4.69, 9.17) is 4.74 Å². The number of rotatable bonds is 6. The van der Waals surface area contributed by atoms with Gasteiger partial charge in [-0.15, -0.1) is 0 Å². The van der Waals surface area contributed by atoms with Crippen molar-refractivity contribution in [2.24, 2.45) is 5.92 Å². The van der Waals surface area contributed by atoms with Gasteiger partial charge in [-0.3, -0.25) is 4.79 Å². The molecule has 0 aliphatic carbocycles. The Kier molecular flexibility index (Phi) is 6.69. The first-order valence-corrected chi connectivity index (χ1v) is 9.93. The van der Waals surface area contributed by atoms with Gasteiger partial charge in [0.05, 0.1) is 0 Å². The molecule has 5 heteroatoms. The van der Waals surface area contributed by atoms with E-state index in [1.165, 1.54) is 0 Å². The van der Waals surface area contributed by atoms with E-state index in [1.807, 2.05) is 61.5 Å². The van der Waals surface area contributed by atoms with Crippen molar-refractivity contribution in [2.45, 2.75) is 39.3 Å². The summed E-state index contributed by atoms with van der Waals surface area (Å²) in [4.78, 5) is 26.4. The lowest BCUT2D eigenvalue weighted by molar-refractivity contribution is 0.0787. The number of nitrogens with zero attached hydrogens (tertiary/aromatic N) is 1. The van der Waals surface area contributed by atoms with E-state index in [0.29, 0.717) is 26.1 Å². The van der Waals surface area contributed by atoms with Crippen molar-refractivity contribution < 1.29 is 14.3 Å². The monoisotopic (exact) mass is 380 g/mol. The Morgan fingerprint density at radius 3 is 2.54 bits per heavy atom. The van der Waals surface area contributed by atoms with E-state index < -0.39 is 0 Å². The fourth-order valence-corrected chi connectivity index (χ4v) is 3.58. The Morgan fingerprint density at radius 2 is 1.82 bits per heavy atom. The number of ketones is 1. The summed E-state index contributed by atoms with van der Waals surface area (Å²) < 4.78 is 5.46. The molecule has 1 saturated heterocycles. The SMILES string of the molecule is CCC(=O)c1ccccc1NC1CCN(C(=O)OCc2ccccc2)CC1C. The highest BCUT2D eigenvalue weighted by Crippen LogP contribution is 2.25. The third-order valence-corrected chi connectivity index (χ3v) is 5.26. The molecular formula is C23H28N2O3. The molecule has 1 aliphatic rings. The summed E-state index contributed by atoms with van der Waals surface area (Å²) in [5.74, 6) is 0.389. The first-order chi connectivity index (χ1) is 13.6. The Labute approximate surface area is 166 Å². The Hall–Kier alpha value is -2.82. The molecule has 1 aliphatic heterocycles. The minimum Gasteiger partial charge on any atom is -0.445 e. The Balaban J connectivity index is 1.55.